The Morgan fingerprint density at radius 3 is 2.80 bits per heavy atom. The second-order valence-electron chi connectivity index (χ2n) is 2.77. The van der Waals surface area contributed by atoms with Gasteiger partial charge >= 0.3 is 0 Å². The molecule has 5 nitrogen and oxygen atoms in total. The van der Waals surface area contributed by atoms with Crippen LogP contribution in [0.4, 0.5) is 0 Å². The first-order valence-corrected chi connectivity index (χ1v) is 4.79. The van der Waals surface area contributed by atoms with Crippen molar-refractivity contribution in [1.29, 1.82) is 0 Å². The minimum atomic E-state index is 0.294. The lowest BCUT2D eigenvalue weighted by molar-refractivity contribution is 0.901. The van der Waals surface area contributed by atoms with E-state index in [4.69, 9.17) is 18.0 Å². The predicted octanol–water partition coefficient (Wildman–Crippen LogP) is -0.00980. The van der Waals surface area contributed by atoms with Crippen LogP contribution in [-0.2, 0) is 6.54 Å². The van der Waals surface area contributed by atoms with Gasteiger partial charge in [0.1, 0.15) is 0 Å². The van der Waals surface area contributed by atoms with Gasteiger partial charge in [-0.15, -0.1) is 0 Å². The molecule has 0 aliphatic carbocycles. The fraction of sp³-hybridized carbons (Fsp3) is 0.222. The molecule has 15 heavy (non-hydrogen) atoms. The lowest BCUT2D eigenvalue weighted by Crippen LogP contribution is -2.42. The molecule has 0 atom stereocenters. The first kappa shape index (κ1) is 11.4. The zero-order valence-corrected chi connectivity index (χ0v) is 9.21. The quantitative estimate of drug-likeness (QED) is 0.373. The Kier molecular flexibility index (Phi) is 4.49. The first-order chi connectivity index (χ1) is 7.22. The van der Waals surface area contributed by atoms with Gasteiger partial charge in [0.05, 0.1) is 0 Å². The average Bonchev–Trinajstić information content (AvgIpc) is 2.27. The lowest BCUT2D eigenvalue weighted by Gasteiger charge is -2.08. The van der Waals surface area contributed by atoms with Gasteiger partial charge in [-0.3, -0.25) is 9.98 Å². The Balaban J connectivity index is 2.35. The summed E-state index contributed by atoms with van der Waals surface area (Å²) in [6.07, 6.45) is 3.46. The third-order valence-corrected chi connectivity index (χ3v) is 1.93. The van der Waals surface area contributed by atoms with E-state index >= 15 is 0 Å². The van der Waals surface area contributed by atoms with Crippen LogP contribution in [0.1, 0.15) is 5.56 Å². The average molecular weight is 223 g/mol. The fourth-order valence-electron chi connectivity index (χ4n) is 0.899. The van der Waals surface area contributed by atoms with E-state index in [0.29, 0.717) is 17.6 Å². The number of pyridine rings is 1. The Bertz CT molecular complexity index is 349. The first-order valence-electron chi connectivity index (χ1n) is 4.38. The predicted molar refractivity (Wildman–Crippen MR) is 64.4 cm³/mol. The van der Waals surface area contributed by atoms with Crippen molar-refractivity contribution in [3.63, 3.8) is 0 Å². The minimum Gasteiger partial charge on any atom is -0.370 e. The molecule has 0 aliphatic rings. The Hall–Kier alpha value is -1.69. The number of nitrogens with one attached hydrogen (secondary N) is 2. The molecule has 0 saturated carbocycles. The molecular weight excluding hydrogens is 210 g/mol. The molecule has 1 aromatic heterocycles. The van der Waals surface area contributed by atoms with Crippen LogP contribution in [0.3, 0.4) is 0 Å². The Labute approximate surface area is 93.8 Å². The third kappa shape index (κ3) is 4.37. The molecule has 0 saturated heterocycles. The number of hydrogen-bond acceptors (Lipinski definition) is 3. The normalized spacial score (nSPS) is 10.9. The topological polar surface area (TPSA) is 75.3 Å². The molecule has 0 aliphatic heterocycles. The van der Waals surface area contributed by atoms with Gasteiger partial charge in [-0.25, -0.2) is 0 Å². The van der Waals surface area contributed by atoms with Gasteiger partial charge in [0, 0.05) is 26.0 Å². The molecule has 1 aromatic rings. The van der Waals surface area contributed by atoms with Crippen molar-refractivity contribution in [2.75, 3.05) is 7.05 Å². The number of thiocarbonyl (C=S) groups is 1. The molecule has 0 fully saturated rings. The summed E-state index contributed by atoms with van der Waals surface area (Å²) in [5.74, 6) is 0.294. The monoisotopic (exact) mass is 223 g/mol. The zero-order valence-electron chi connectivity index (χ0n) is 8.40. The van der Waals surface area contributed by atoms with E-state index in [1.54, 1.807) is 19.4 Å². The summed E-state index contributed by atoms with van der Waals surface area (Å²) in [6, 6.07) is 3.82. The molecule has 1 heterocycles. The standard InChI is InChI=1S/C9H13N5S/c1-11-8(10)14-9(15)13-6-7-2-4-12-5-3-7/h2-5H,6H2,1H3,(H4,10,11,13,14,15). The van der Waals surface area contributed by atoms with E-state index in [9.17, 15) is 0 Å². The number of rotatable bonds is 2. The van der Waals surface area contributed by atoms with E-state index < -0.39 is 0 Å². The van der Waals surface area contributed by atoms with E-state index in [1.807, 2.05) is 12.1 Å². The van der Waals surface area contributed by atoms with E-state index in [-0.39, 0.29) is 0 Å². The van der Waals surface area contributed by atoms with Gasteiger partial charge in [-0.05, 0) is 29.9 Å². The van der Waals surface area contributed by atoms with Crippen LogP contribution >= 0.6 is 12.2 Å². The summed E-state index contributed by atoms with van der Waals surface area (Å²) >= 11 is 5.00. The molecule has 0 bridgehead atoms. The zero-order chi connectivity index (χ0) is 11.1. The third-order valence-electron chi connectivity index (χ3n) is 1.68. The summed E-state index contributed by atoms with van der Waals surface area (Å²) in [4.78, 5) is 7.65. The molecule has 0 radical (unpaired) electrons. The summed E-state index contributed by atoms with van der Waals surface area (Å²) in [6.45, 7) is 0.630. The van der Waals surface area contributed by atoms with Crippen molar-refractivity contribution >= 4 is 23.3 Å². The van der Waals surface area contributed by atoms with Crippen LogP contribution in [0.5, 0.6) is 0 Å². The molecule has 0 unspecified atom stereocenters. The van der Waals surface area contributed by atoms with Crippen molar-refractivity contribution in [2.45, 2.75) is 6.54 Å². The Morgan fingerprint density at radius 2 is 2.20 bits per heavy atom. The number of aromatic nitrogens is 1. The molecule has 0 aromatic carbocycles. The number of aliphatic imine (C=N–C) groups is 1. The van der Waals surface area contributed by atoms with Gasteiger partial charge in [-0.1, -0.05) is 0 Å². The number of guanidine groups is 1. The van der Waals surface area contributed by atoms with E-state index in [2.05, 4.69) is 20.6 Å². The van der Waals surface area contributed by atoms with Gasteiger partial charge in [0.25, 0.3) is 0 Å². The van der Waals surface area contributed by atoms with Crippen LogP contribution in [0.15, 0.2) is 29.5 Å². The highest BCUT2D eigenvalue weighted by molar-refractivity contribution is 7.80. The lowest BCUT2D eigenvalue weighted by atomic mass is 10.3. The largest absolute Gasteiger partial charge is 0.370 e. The highest BCUT2D eigenvalue weighted by atomic mass is 32.1. The summed E-state index contributed by atoms with van der Waals surface area (Å²) in [5, 5.41) is 6.18. The summed E-state index contributed by atoms with van der Waals surface area (Å²) < 4.78 is 0. The number of nitrogens with zero attached hydrogens (tertiary/aromatic N) is 2. The van der Waals surface area contributed by atoms with Crippen LogP contribution in [-0.4, -0.2) is 23.1 Å². The summed E-state index contributed by atoms with van der Waals surface area (Å²) in [5.41, 5.74) is 6.54. The highest BCUT2D eigenvalue weighted by Gasteiger charge is 1.97. The van der Waals surface area contributed by atoms with Gasteiger partial charge in [-0.2, -0.15) is 0 Å². The molecule has 0 spiro atoms. The smallest absolute Gasteiger partial charge is 0.194 e. The maximum absolute atomic E-state index is 5.44. The number of nitrogens with two attached hydrogens (primary N) is 1. The van der Waals surface area contributed by atoms with Crippen LogP contribution in [0.25, 0.3) is 0 Å². The van der Waals surface area contributed by atoms with Gasteiger partial charge in [0.15, 0.2) is 11.1 Å². The summed E-state index contributed by atoms with van der Waals surface area (Å²) in [7, 11) is 1.59. The molecule has 80 valence electrons. The highest BCUT2D eigenvalue weighted by Crippen LogP contribution is 1.94. The van der Waals surface area contributed by atoms with Gasteiger partial charge in [0.2, 0.25) is 0 Å². The maximum atomic E-state index is 5.44. The van der Waals surface area contributed by atoms with Crippen LogP contribution in [0.2, 0.25) is 0 Å². The molecule has 0 amide bonds. The van der Waals surface area contributed by atoms with Crippen molar-refractivity contribution in [3.8, 4) is 0 Å². The number of hydrogen-bond donors (Lipinski definition) is 3. The van der Waals surface area contributed by atoms with Crippen molar-refractivity contribution in [2.24, 2.45) is 10.7 Å². The van der Waals surface area contributed by atoms with Gasteiger partial charge < -0.3 is 16.4 Å². The van der Waals surface area contributed by atoms with Crippen LogP contribution < -0.4 is 16.4 Å². The molecular formula is C9H13N5S. The fourth-order valence-corrected chi connectivity index (χ4v) is 1.08. The van der Waals surface area contributed by atoms with Crippen LogP contribution in [0, 0.1) is 0 Å². The minimum absolute atomic E-state index is 0.294. The van der Waals surface area contributed by atoms with E-state index in [1.165, 1.54) is 0 Å². The van der Waals surface area contributed by atoms with E-state index in [0.717, 1.165) is 5.56 Å². The SMILES string of the molecule is CN=C(N)NC(=S)NCc1ccncc1. The van der Waals surface area contributed by atoms with Crippen molar-refractivity contribution in [1.82, 2.24) is 15.6 Å². The second kappa shape index (κ2) is 5.92. The van der Waals surface area contributed by atoms with Crippen molar-refractivity contribution < 1.29 is 0 Å². The Morgan fingerprint density at radius 1 is 1.53 bits per heavy atom. The maximum Gasteiger partial charge on any atom is 0.194 e. The molecule has 1 rings (SSSR count). The molecule has 6 heteroatoms. The molecule has 4 N–H and O–H groups in total. The second-order valence-corrected chi connectivity index (χ2v) is 3.18. The van der Waals surface area contributed by atoms with Crippen molar-refractivity contribution in [3.05, 3.63) is 30.1 Å².